The lowest BCUT2D eigenvalue weighted by Crippen LogP contribution is -2.50. The van der Waals surface area contributed by atoms with Gasteiger partial charge in [-0.15, -0.1) is 0 Å². The second kappa shape index (κ2) is 11.7. The average Bonchev–Trinajstić information content (AvgIpc) is 2.82. The summed E-state index contributed by atoms with van der Waals surface area (Å²) in [6, 6.07) is 0. The van der Waals surface area contributed by atoms with E-state index in [9.17, 15) is 24.0 Å². The molecule has 5 unspecified atom stereocenters. The first kappa shape index (κ1) is 26.2. The molecule has 0 saturated carbocycles. The molecule has 9 heteroatoms. The summed E-state index contributed by atoms with van der Waals surface area (Å²) in [4.78, 5) is 60.5. The smallest absolute Gasteiger partial charge is 0.309 e. The van der Waals surface area contributed by atoms with Gasteiger partial charge in [-0.3, -0.25) is 24.0 Å². The molecule has 2 rings (SSSR count). The molecular formula is C24H30O9. The van der Waals surface area contributed by atoms with E-state index in [1.54, 1.807) is 13.0 Å². The van der Waals surface area contributed by atoms with Gasteiger partial charge in [-0.2, -0.15) is 0 Å². The van der Waals surface area contributed by atoms with E-state index in [1.807, 2.05) is 6.92 Å². The minimum Gasteiger partial charge on any atom is -0.461 e. The molecular weight excluding hydrogens is 432 g/mol. The topological polar surface area (TPSA) is 122 Å². The summed E-state index contributed by atoms with van der Waals surface area (Å²) in [7, 11) is 0. The zero-order valence-corrected chi connectivity index (χ0v) is 19.3. The van der Waals surface area contributed by atoms with Gasteiger partial charge in [0, 0.05) is 25.0 Å². The van der Waals surface area contributed by atoms with Crippen molar-refractivity contribution in [3.05, 3.63) is 35.5 Å². The van der Waals surface area contributed by atoms with Crippen LogP contribution in [0.2, 0.25) is 0 Å². The second-order valence-corrected chi connectivity index (χ2v) is 8.12. The van der Waals surface area contributed by atoms with Crippen LogP contribution < -0.4 is 0 Å². The van der Waals surface area contributed by atoms with Gasteiger partial charge in [0.25, 0.3) is 0 Å². The SMILES string of the molecule is C=C1C(=O)COC2C=C(COC(C)=O)CC=C(C=O)C(OC(C)=O)C(OC(=O)C(C)CC)C12. The lowest BCUT2D eigenvalue weighted by molar-refractivity contribution is -0.175. The summed E-state index contributed by atoms with van der Waals surface area (Å²) in [5.74, 6) is -3.56. The number of Topliss-reactive ketones (excluding diaryl/α,β-unsaturated/α-hetero) is 1. The minimum atomic E-state index is -1.28. The first-order valence-electron chi connectivity index (χ1n) is 10.8. The van der Waals surface area contributed by atoms with Crippen molar-refractivity contribution in [1.29, 1.82) is 0 Å². The highest BCUT2D eigenvalue weighted by atomic mass is 16.6. The van der Waals surface area contributed by atoms with Crippen molar-refractivity contribution in [3.63, 3.8) is 0 Å². The maximum atomic E-state index is 12.8. The Kier molecular flexibility index (Phi) is 9.28. The normalized spacial score (nSPS) is 26.3. The van der Waals surface area contributed by atoms with Gasteiger partial charge < -0.3 is 18.9 Å². The average molecular weight is 462 g/mol. The van der Waals surface area contributed by atoms with Crippen molar-refractivity contribution < 1.29 is 42.9 Å². The number of ether oxygens (including phenoxy) is 4. The van der Waals surface area contributed by atoms with Crippen molar-refractivity contribution in [2.45, 2.75) is 58.8 Å². The summed E-state index contributed by atoms with van der Waals surface area (Å²) in [6.45, 7) is 9.51. The molecule has 1 aliphatic carbocycles. The number of fused-ring (bicyclic) bond motifs is 1. The van der Waals surface area contributed by atoms with Crippen molar-refractivity contribution >= 4 is 30.0 Å². The van der Waals surface area contributed by atoms with Gasteiger partial charge in [-0.25, -0.2) is 0 Å². The van der Waals surface area contributed by atoms with E-state index in [4.69, 9.17) is 18.9 Å². The van der Waals surface area contributed by atoms with Gasteiger partial charge in [-0.1, -0.05) is 32.6 Å². The second-order valence-electron chi connectivity index (χ2n) is 8.12. The zero-order valence-electron chi connectivity index (χ0n) is 19.3. The van der Waals surface area contributed by atoms with Crippen LogP contribution in [0.1, 0.15) is 40.5 Å². The third-order valence-electron chi connectivity index (χ3n) is 5.66. The first-order chi connectivity index (χ1) is 15.6. The summed E-state index contributed by atoms with van der Waals surface area (Å²) >= 11 is 0. The molecule has 0 spiro atoms. The number of hydrogen-bond donors (Lipinski definition) is 0. The Morgan fingerprint density at radius 3 is 2.52 bits per heavy atom. The Hall–Kier alpha value is -3.07. The Labute approximate surface area is 192 Å². The number of allylic oxidation sites excluding steroid dienone is 1. The molecule has 5 atom stereocenters. The van der Waals surface area contributed by atoms with Crippen LogP contribution in [0.4, 0.5) is 0 Å². The predicted octanol–water partition coefficient (Wildman–Crippen LogP) is 2.03. The van der Waals surface area contributed by atoms with Crippen molar-refractivity contribution in [2.24, 2.45) is 11.8 Å². The molecule has 0 N–H and O–H groups in total. The van der Waals surface area contributed by atoms with Gasteiger partial charge in [0.05, 0.1) is 17.9 Å². The highest BCUT2D eigenvalue weighted by molar-refractivity contribution is 5.97. The van der Waals surface area contributed by atoms with Crippen molar-refractivity contribution in [3.8, 4) is 0 Å². The van der Waals surface area contributed by atoms with Gasteiger partial charge in [0.2, 0.25) is 0 Å². The molecule has 0 radical (unpaired) electrons. The molecule has 180 valence electrons. The fourth-order valence-corrected chi connectivity index (χ4v) is 3.62. The zero-order chi connectivity index (χ0) is 24.7. The quantitative estimate of drug-likeness (QED) is 0.184. The molecule has 0 bridgehead atoms. The van der Waals surface area contributed by atoms with Crippen LogP contribution in [-0.4, -0.2) is 61.5 Å². The molecule has 1 saturated heterocycles. The minimum absolute atomic E-state index is 0.0485. The fourth-order valence-electron chi connectivity index (χ4n) is 3.62. The summed E-state index contributed by atoms with van der Waals surface area (Å²) in [5, 5.41) is 0. The van der Waals surface area contributed by atoms with Crippen LogP contribution in [0.5, 0.6) is 0 Å². The van der Waals surface area contributed by atoms with E-state index in [-0.39, 0.29) is 30.8 Å². The van der Waals surface area contributed by atoms with E-state index in [0.29, 0.717) is 18.3 Å². The Morgan fingerprint density at radius 1 is 1.24 bits per heavy atom. The monoisotopic (exact) mass is 462 g/mol. The third kappa shape index (κ3) is 6.71. The molecule has 0 aromatic rings. The lowest BCUT2D eigenvalue weighted by Gasteiger charge is -2.39. The van der Waals surface area contributed by atoms with Gasteiger partial charge in [0.1, 0.15) is 19.5 Å². The highest BCUT2D eigenvalue weighted by Gasteiger charge is 2.47. The number of hydrogen-bond acceptors (Lipinski definition) is 9. The molecule has 1 fully saturated rings. The maximum Gasteiger partial charge on any atom is 0.309 e. The summed E-state index contributed by atoms with van der Waals surface area (Å²) < 4.78 is 22.1. The van der Waals surface area contributed by atoms with Crippen LogP contribution in [0.3, 0.4) is 0 Å². The molecule has 2 aliphatic rings. The van der Waals surface area contributed by atoms with Gasteiger partial charge in [0.15, 0.2) is 18.0 Å². The molecule has 1 heterocycles. The number of carbonyl (C=O) groups is 5. The van der Waals surface area contributed by atoms with E-state index < -0.39 is 53.8 Å². The number of rotatable bonds is 7. The van der Waals surface area contributed by atoms with Crippen LogP contribution in [-0.2, 0) is 42.9 Å². The van der Waals surface area contributed by atoms with Crippen molar-refractivity contribution in [2.75, 3.05) is 13.2 Å². The highest BCUT2D eigenvalue weighted by Crippen LogP contribution is 2.36. The Morgan fingerprint density at radius 2 is 1.94 bits per heavy atom. The summed E-state index contributed by atoms with van der Waals surface area (Å²) in [5.41, 5.74) is 0.769. The number of esters is 3. The molecule has 1 aliphatic heterocycles. The van der Waals surface area contributed by atoms with Crippen molar-refractivity contribution in [1.82, 2.24) is 0 Å². The van der Waals surface area contributed by atoms with Crippen LogP contribution >= 0.6 is 0 Å². The van der Waals surface area contributed by atoms with Crippen LogP contribution in [0.25, 0.3) is 0 Å². The molecule has 0 amide bonds. The Bertz CT molecular complexity index is 882. The molecule has 33 heavy (non-hydrogen) atoms. The van der Waals surface area contributed by atoms with E-state index in [1.165, 1.54) is 19.9 Å². The van der Waals surface area contributed by atoms with Crippen LogP contribution in [0, 0.1) is 11.8 Å². The Balaban J connectivity index is 2.64. The number of carbonyl (C=O) groups excluding carboxylic acids is 5. The van der Waals surface area contributed by atoms with Crippen LogP contribution in [0.15, 0.2) is 35.5 Å². The third-order valence-corrected chi connectivity index (χ3v) is 5.66. The maximum absolute atomic E-state index is 12.8. The van der Waals surface area contributed by atoms with E-state index >= 15 is 0 Å². The lowest BCUT2D eigenvalue weighted by atomic mass is 9.80. The largest absolute Gasteiger partial charge is 0.461 e. The number of aldehydes is 1. The van der Waals surface area contributed by atoms with Gasteiger partial charge in [-0.05, 0) is 18.4 Å². The first-order valence-corrected chi connectivity index (χ1v) is 10.8. The van der Waals surface area contributed by atoms with E-state index in [0.717, 1.165) is 0 Å². The van der Waals surface area contributed by atoms with Gasteiger partial charge >= 0.3 is 17.9 Å². The predicted molar refractivity (Wildman–Crippen MR) is 116 cm³/mol. The molecule has 0 aromatic carbocycles. The number of ketones is 1. The van der Waals surface area contributed by atoms with E-state index in [2.05, 4.69) is 6.58 Å². The standard InChI is InChI=1S/C24H30O9/c1-6-13(2)24(29)33-23-21-14(3)19(28)12-31-20(21)9-17(11-30-15(4)26)7-8-18(10-25)22(23)32-16(5)27/h8-10,13,20-23H,3,6-7,11-12H2,1-2,4-5H3. The fraction of sp³-hybridized carbons (Fsp3) is 0.542. The summed E-state index contributed by atoms with van der Waals surface area (Å²) in [6.07, 6.45) is 1.05. The molecule has 9 nitrogen and oxygen atoms in total. The molecule has 0 aromatic heterocycles.